The van der Waals surface area contributed by atoms with Gasteiger partial charge in [-0.3, -0.25) is 4.79 Å². The number of oxazole rings is 1. The molecule has 0 atom stereocenters. The van der Waals surface area contributed by atoms with E-state index >= 15 is 0 Å². The number of hydrogen-bond acceptors (Lipinski definition) is 5. The zero-order valence-electron chi connectivity index (χ0n) is 14.9. The van der Waals surface area contributed by atoms with Crippen LogP contribution in [-0.4, -0.2) is 23.0 Å². The Hall–Kier alpha value is -2.89. The molecule has 0 saturated heterocycles. The Bertz CT molecular complexity index is 889. The molecule has 0 fully saturated rings. The number of carbonyl (C=O) groups excluding carboxylic acids is 1. The summed E-state index contributed by atoms with van der Waals surface area (Å²) < 4.78 is 11.3. The maximum absolute atomic E-state index is 10.7. The first kappa shape index (κ1) is 17.9. The van der Waals surface area contributed by atoms with E-state index in [0.717, 1.165) is 48.6 Å². The van der Waals surface area contributed by atoms with Gasteiger partial charge < -0.3 is 14.9 Å². The van der Waals surface area contributed by atoms with Crippen LogP contribution in [0, 0.1) is 0 Å². The van der Waals surface area contributed by atoms with Gasteiger partial charge in [-0.05, 0) is 25.0 Å². The van der Waals surface area contributed by atoms with Gasteiger partial charge in [-0.25, -0.2) is 9.97 Å². The third-order valence-corrected chi connectivity index (χ3v) is 4.27. The van der Waals surface area contributed by atoms with Crippen molar-refractivity contribution < 1.29 is 13.9 Å². The van der Waals surface area contributed by atoms with E-state index < -0.39 is 0 Å². The van der Waals surface area contributed by atoms with Crippen LogP contribution in [0.3, 0.4) is 0 Å². The molecule has 0 aliphatic carbocycles. The van der Waals surface area contributed by atoms with Crippen LogP contribution < -0.4 is 10.5 Å². The average molecular weight is 353 g/mol. The summed E-state index contributed by atoms with van der Waals surface area (Å²) in [6, 6.07) is 9.89. The zero-order valence-corrected chi connectivity index (χ0v) is 14.9. The molecule has 3 aromatic rings. The quantitative estimate of drug-likeness (QED) is 0.590. The Kier molecular flexibility index (Phi) is 5.84. The normalized spacial score (nSPS) is 11.0. The molecular weight excluding hydrogens is 330 g/mol. The molecule has 0 radical (unpaired) electrons. The lowest BCUT2D eigenvalue weighted by Gasteiger charge is -2.07. The molecule has 136 valence electrons. The van der Waals surface area contributed by atoms with Gasteiger partial charge in [0.2, 0.25) is 11.8 Å². The number of para-hydroxylation sites is 1. The predicted octanol–water partition coefficient (Wildman–Crippen LogP) is 3.88. The Morgan fingerprint density at radius 3 is 2.81 bits per heavy atom. The number of aryl methyl sites for hydroxylation is 1. The average Bonchev–Trinajstić information content (AvgIpc) is 3.12. The highest BCUT2D eigenvalue weighted by molar-refractivity contribution is 5.85. The maximum atomic E-state index is 10.7. The number of carbonyl (C=O) groups is 1. The monoisotopic (exact) mass is 353 g/mol. The number of nitrogens with two attached hydrogens (primary N) is 1. The van der Waals surface area contributed by atoms with Crippen molar-refractivity contribution in [3.63, 3.8) is 0 Å². The number of rotatable bonds is 9. The van der Waals surface area contributed by atoms with Gasteiger partial charge in [0, 0.05) is 18.2 Å². The summed E-state index contributed by atoms with van der Waals surface area (Å²) >= 11 is 0. The summed E-state index contributed by atoms with van der Waals surface area (Å²) in [5.41, 5.74) is 6.81. The lowest BCUT2D eigenvalue weighted by atomic mass is 10.1. The summed E-state index contributed by atoms with van der Waals surface area (Å²) in [7, 11) is 1.60. The third kappa shape index (κ3) is 4.39. The summed E-state index contributed by atoms with van der Waals surface area (Å²) in [6.07, 6.45) is 6.75. The molecule has 0 bridgehead atoms. The molecule has 3 rings (SSSR count). The van der Waals surface area contributed by atoms with E-state index in [1.54, 1.807) is 13.3 Å². The van der Waals surface area contributed by atoms with E-state index in [2.05, 4.69) is 9.97 Å². The van der Waals surface area contributed by atoms with Crippen molar-refractivity contribution in [2.45, 2.75) is 38.5 Å². The highest BCUT2D eigenvalue weighted by atomic mass is 16.5. The molecule has 6 heteroatoms. The number of primary amides is 1. The van der Waals surface area contributed by atoms with Crippen molar-refractivity contribution in [1.82, 2.24) is 9.97 Å². The second-order valence-electron chi connectivity index (χ2n) is 6.24. The molecule has 2 N–H and O–H groups in total. The number of hydrogen-bond donors (Lipinski definition) is 1. The third-order valence-electron chi connectivity index (χ3n) is 4.27. The summed E-state index contributed by atoms with van der Waals surface area (Å²) in [5, 5.41) is 1.02. The van der Waals surface area contributed by atoms with Crippen molar-refractivity contribution in [3.8, 4) is 17.2 Å². The van der Waals surface area contributed by atoms with Gasteiger partial charge in [0.15, 0.2) is 11.7 Å². The number of aromatic nitrogens is 2. The fraction of sp³-hybridized carbons (Fsp3) is 0.350. The van der Waals surface area contributed by atoms with Crippen molar-refractivity contribution in [3.05, 3.63) is 42.4 Å². The lowest BCUT2D eigenvalue weighted by molar-refractivity contribution is -0.118. The summed E-state index contributed by atoms with van der Waals surface area (Å²) in [5.74, 6) is 1.65. The van der Waals surface area contributed by atoms with Gasteiger partial charge in [0.25, 0.3) is 0 Å². The molecule has 0 unspecified atom stereocenters. The second kappa shape index (κ2) is 8.47. The van der Waals surface area contributed by atoms with E-state index in [-0.39, 0.29) is 5.91 Å². The van der Waals surface area contributed by atoms with Gasteiger partial charge in [-0.15, -0.1) is 0 Å². The number of methoxy groups -OCH3 is 1. The minimum atomic E-state index is -0.236. The smallest absolute Gasteiger partial charge is 0.224 e. The molecule has 1 amide bonds. The molecule has 0 aliphatic heterocycles. The molecule has 0 aliphatic rings. The number of benzene rings is 1. The molecule has 0 saturated carbocycles. The van der Waals surface area contributed by atoms with E-state index in [1.807, 2.05) is 30.3 Å². The number of amides is 1. The molecular formula is C20H23N3O3. The fourth-order valence-corrected chi connectivity index (χ4v) is 2.91. The van der Waals surface area contributed by atoms with Crippen molar-refractivity contribution >= 4 is 16.8 Å². The van der Waals surface area contributed by atoms with Crippen molar-refractivity contribution in [2.24, 2.45) is 5.73 Å². The number of fused-ring (bicyclic) bond motifs is 1. The van der Waals surface area contributed by atoms with E-state index in [9.17, 15) is 4.79 Å². The van der Waals surface area contributed by atoms with Crippen LogP contribution in [0.2, 0.25) is 0 Å². The number of ether oxygens (including phenoxy) is 1. The topological polar surface area (TPSA) is 91.2 Å². The van der Waals surface area contributed by atoms with Gasteiger partial charge in [-0.2, -0.15) is 0 Å². The number of unbranched alkanes of at least 4 members (excludes halogenated alkanes) is 3. The number of nitrogens with zero attached hydrogens (tertiary/aromatic N) is 2. The molecule has 1 aromatic carbocycles. The van der Waals surface area contributed by atoms with Crippen LogP contribution in [0.25, 0.3) is 22.2 Å². The largest absolute Gasteiger partial charge is 0.480 e. The van der Waals surface area contributed by atoms with Crippen molar-refractivity contribution in [2.75, 3.05) is 7.11 Å². The van der Waals surface area contributed by atoms with Crippen LogP contribution in [0.15, 0.2) is 40.9 Å². The van der Waals surface area contributed by atoms with E-state index in [4.69, 9.17) is 14.9 Å². The van der Waals surface area contributed by atoms with E-state index in [0.29, 0.717) is 24.0 Å². The van der Waals surface area contributed by atoms with Gasteiger partial charge in [0.1, 0.15) is 0 Å². The zero-order chi connectivity index (χ0) is 18.4. The van der Waals surface area contributed by atoms with Crippen LogP contribution >= 0.6 is 0 Å². The van der Waals surface area contributed by atoms with Crippen LogP contribution in [0.4, 0.5) is 0 Å². The summed E-state index contributed by atoms with van der Waals surface area (Å²) in [6.45, 7) is 0. The predicted molar refractivity (Wildman–Crippen MR) is 99.8 cm³/mol. The van der Waals surface area contributed by atoms with Crippen LogP contribution in [0.5, 0.6) is 5.88 Å². The molecule has 26 heavy (non-hydrogen) atoms. The first-order chi connectivity index (χ1) is 12.7. The Labute approximate surface area is 152 Å². The fourth-order valence-electron chi connectivity index (χ4n) is 2.91. The van der Waals surface area contributed by atoms with Crippen LogP contribution in [0.1, 0.15) is 38.0 Å². The first-order valence-electron chi connectivity index (χ1n) is 8.84. The Balaban J connectivity index is 1.66. The highest BCUT2D eigenvalue weighted by Crippen LogP contribution is 2.32. The van der Waals surface area contributed by atoms with E-state index in [1.165, 1.54) is 0 Å². The van der Waals surface area contributed by atoms with Gasteiger partial charge >= 0.3 is 0 Å². The van der Waals surface area contributed by atoms with Crippen molar-refractivity contribution in [1.29, 1.82) is 0 Å². The number of pyridine rings is 1. The maximum Gasteiger partial charge on any atom is 0.224 e. The molecule has 6 nitrogen and oxygen atoms in total. The lowest BCUT2D eigenvalue weighted by Crippen LogP contribution is -2.09. The second-order valence-corrected chi connectivity index (χ2v) is 6.24. The minimum absolute atomic E-state index is 0.236. The molecule has 2 heterocycles. The summed E-state index contributed by atoms with van der Waals surface area (Å²) in [4.78, 5) is 19.6. The van der Waals surface area contributed by atoms with Crippen LogP contribution in [-0.2, 0) is 11.2 Å². The standard InChI is InChI=1S/C20H23N3O3/c1-25-20-15(12-14-8-6-7-9-16(14)23-20)17-13-22-19(26-17)11-5-3-2-4-10-18(21)24/h6-9,12-13H,2-5,10-11H2,1H3,(H2,21,24). The Morgan fingerprint density at radius 2 is 2.00 bits per heavy atom. The van der Waals surface area contributed by atoms with Gasteiger partial charge in [0.05, 0.1) is 24.4 Å². The SMILES string of the molecule is COc1nc2ccccc2cc1-c1cnc(CCCCCCC(N)=O)o1. The molecule has 2 aromatic heterocycles. The molecule has 0 spiro atoms. The highest BCUT2D eigenvalue weighted by Gasteiger charge is 2.14. The Morgan fingerprint density at radius 1 is 1.19 bits per heavy atom. The van der Waals surface area contributed by atoms with Gasteiger partial charge in [-0.1, -0.05) is 31.0 Å². The minimum Gasteiger partial charge on any atom is -0.480 e. The first-order valence-corrected chi connectivity index (χ1v) is 8.84.